The van der Waals surface area contributed by atoms with Crippen LogP contribution < -0.4 is 0 Å². The lowest BCUT2D eigenvalue weighted by Crippen LogP contribution is -2.15. The zero-order valence-electron chi connectivity index (χ0n) is 5.91. The lowest BCUT2D eigenvalue weighted by atomic mass is 10.3. The van der Waals surface area contributed by atoms with E-state index in [1.807, 2.05) is 6.66 Å². The number of hydrogen-bond acceptors (Lipinski definition) is 2. The first-order chi connectivity index (χ1) is 4.54. The van der Waals surface area contributed by atoms with Crippen LogP contribution in [-0.4, -0.2) is 29.6 Å². The van der Waals surface area contributed by atoms with Crippen molar-refractivity contribution in [2.75, 3.05) is 12.8 Å². The molecule has 2 atom stereocenters. The average Bonchev–Trinajstić information content (AvgIpc) is 2.08. The van der Waals surface area contributed by atoms with Gasteiger partial charge in [0.1, 0.15) is 0 Å². The quantitative estimate of drug-likeness (QED) is 0.616. The third-order valence-corrected chi connectivity index (χ3v) is 6.34. The number of carbonyl (C=O) groups is 1. The summed E-state index contributed by atoms with van der Waals surface area (Å²) in [6.07, 6.45) is 2.81. The minimum Gasteiger partial charge on any atom is -0.481 e. The number of carboxylic acid groups (broad SMARTS) is 1. The van der Waals surface area contributed by atoms with Crippen molar-refractivity contribution >= 4 is 23.8 Å². The summed E-state index contributed by atoms with van der Waals surface area (Å²) in [5, 5.41) is 8.71. The second kappa shape index (κ2) is 2.63. The molecule has 58 valence electrons. The van der Waals surface area contributed by atoms with E-state index in [-0.39, 0.29) is 5.66 Å². The second-order valence-corrected chi connectivity index (χ2v) is 8.82. The number of rotatable bonds is 1. The maximum atomic E-state index is 10.6. The zero-order valence-corrected chi connectivity index (χ0v) is 7.62. The van der Waals surface area contributed by atoms with Crippen LogP contribution in [0.4, 0.5) is 0 Å². The number of hydrogen-bond donors (Lipinski definition) is 1. The largest absolute Gasteiger partial charge is 0.481 e. The fraction of sp³-hybridized carbons (Fsp3) is 0.833. The van der Waals surface area contributed by atoms with Gasteiger partial charge in [-0.3, -0.25) is 4.79 Å². The Morgan fingerprint density at radius 3 is 2.60 bits per heavy atom. The van der Waals surface area contributed by atoms with Gasteiger partial charge in [0.15, 0.2) is 0 Å². The summed E-state index contributed by atoms with van der Waals surface area (Å²) < 4.78 is 0. The average molecular weight is 178 g/mol. The summed E-state index contributed by atoms with van der Waals surface area (Å²) in [4.78, 5) is 10.6. The number of aliphatic carboxylic acids is 1. The molecule has 0 saturated carbocycles. The molecule has 0 aliphatic carbocycles. The Bertz CT molecular complexity index is 202. The molecular formula is C6H11O2PS. The molecule has 0 amide bonds. The summed E-state index contributed by atoms with van der Waals surface area (Å²) in [6.45, 7) is 1.97. The van der Waals surface area contributed by atoms with Gasteiger partial charge in [0.2, 0.25) is 0 Å². The molecule has 0 spiro atoms. The van der Waals surface area contributed by atoms with Crippen LogP contribution in [0.15, 0.2) is 0 Å². The van der Waals surface area contributed by atoms with Crippen molar-refractivity contribution in [3.05, 3.63) is 0 Å². The van der Waals surface area contributed by atoms with E-state index in [0.717, 1.165) is 19.0 Å². The molecule has 1 fully saturated rings. The van der Waals surface area contributed by atoms with Crippen molar-refractivity contribution < 1.29 is 9.90 Å². The van der Waals surface area contributed by atoms with Crippen molar-refractivity contribution in [1.82, 2.24) is 0 Å². The van der Waals surface area contributed by atoms with Gasteiger partial charge in [0.05, 0.1) is 5.66 Å². The van der Waals surface area contributed by atoms with Crippen LogP contribution in [0.1, 0.15) is 12.8 Å². The predicted molar refractivity (Wildman–Crippen MR) is 45.7 cm³/mol. The van der Waals surface area contributed by atoms with Gasteiger partial charge in [-0.2, -0.15) is 0 Å². The van der Waals surface area contributed by atoms with E-state index < -0.39 is 12.0 Å². The van der Waals surface area contributed by atoms with Gasteiger partial charge in [-0.15, -0.1) is 0 Å². The van der Waals surface area contributed by atoms with Gasteiger partial charge in [-0.05, 0) is 31.7 Å². The minimum absolute atomic E-state index is 0.178. The van der Waals surface area contributed by atoms with E-state index in [0.29, 0.717) is 0 Å². The molecule has 1 aliphatic rings. The first kappa shape index (κ1) is 8.22. The monoisotopic (exact) mass is 178 g/mol. The molecule has 0 aromatic carbocycles. The Kier molecular flexibility index (Phi) is 2.16. The molecule has 0 aromatic rings. The van der Waals surface area contributed by atoms with E-state index in [4.69, 9.17) is 16.9 Å². The summed E-state index contributed by atoms with van der Waals surface area (Å²) >= 11 is 5.24. The highest BCUT2D eigenvalue weighted by Crippen LogP contribution is 2.54. The Hall–Kier alpha value is 0.120. The van der Waals surface area contributed by atoms with Gasteiger partial charge in [-0.25, -0.2) is 0 Å². The Balaban J connectivity index is 2.79. The van der Waals surface area contributed by atoms with E-state index in [1.165, 1.54) is 0 Å². The van der Waals surface area contributed by atoms with Crippen LogP contribution in [0.2, 0.25) is 0 Å². The number of carboxylic acids is 1. The molecule has 4 heteroatoms. The maximum absolute atomic E-state index is 10.6. The molecule has 10 heavy (non-hydrogen) atoms. The van der Waals surface area contributed by atoms with E-state index in [2.05, 4.69) is 0 Å². The van der Waals surface area contributed by atoms with E-state index >= 15 is 0 Å². The lowest BCUT2D eigenvalue weighted by Gasteiger charge is -2.13. The van der Waals surface area contributed by atoms with Crippen LogP contribution in [0.25, 0.3) is 0 Å². The van der Waals surface area contributed by atoms with Crippen molar-refractivity contribution in [3.8, 4) is 0 Å². The van der Waals surface area contributed by atoms with Crippen molar-refractivity contribution in [3.63, 3.8) is 0 Å². The summed E-state index contributed by atoms with van der Waals surface area (Å²) in [7, 11) is 0. The Labute approximate surface area is 65.6 Å². The molecule has 0 radical (unpaired) electrons. The lowest BCUT2D eigenvalue weighted by molar-refractivity contribution is -0.136. The standard InChI is InChI=1S/C6H11O2PS/c1-9(10)4-2-3-5(9)6(7)8/h5H,2-4H2,1H3,(H,7,8)/t5-,9?/m1/s1. The van der Waals surface area contributed by atoms with Gasteiger partial charge in [0, 0.05) is 0 Å². The topological polar surface area (TPSA) is 37.3 Å². The van der Waals surface area contributed by atoms with Crippen molar-refractivity contribution in [2.24, 2.45) is 0 Å². The Morgan fingerprint density at radius 1 is 1.80 bits per heavy atom. The normalized spacial score (nSPS) is 39.9. The third kappa shape index (κ3) is 1.40. The molecule has 0 aromatic heterocycles. The first-order valence-electron chi connectivity index (χ1n) is 3.33. The SMILES string of the molecule is CP1(=S)CCC[C@@H]1C(=O)O. The molecule has 1 heterocycles. The molecule has 0 bridgehead atoms. The molecular weight excluding hydrogens is 167 g/mol. The van der Waals surface area contributed by atoms with Crippen LogP contribution in [0.5, 0.6) is 0 Å². The third-order valence-electron chi connectivity index (χ3n) is 2.02. The zero-order chi connectivity index (χ0) is 7.78. The van der Waals surface area contributed by atoms with Crippen LogP contribution in [-0.2, 0) is 16.6 Å². The van der Waals surface area contributed by atoms with Gasteiger partial charge >= 0.3 is 5.97 Å². The van der Waals surface area contributed by atoms with Gasteiger partial charge in [-0.1, -0.05) is 11.8 Å². The molecule has 1 N–H and O–H groups in total. The fourth-order valence-electron chi connectivity index (χ4n) is 1.38. The van der Waals surface area contributed by atoms with Gasteiger partial charge in [0.25, 0.3) is 0 Å². The minimum atomic E-state index is -1.48. The molecule has 2 nitrogen and oxygen atoms in total. The molecule has 1 unspecified atom stereocenters. The summed E-state index contributed by atoms with van der Waals surface area (Å²) in [6, 6.07) is -1.48. The van der Waals surface area contributed by atoms with Crippen molar-refractivity contribution in [1.29, 1.82) is 0 Å². The second-order valence-electron chi connectivity index (χ2n) is 2.89. The van der Waals surface area contributed by atoms with Crippen LogP contribution in [0, 0.1) is 0 Å². The van der Waals surface area contributed by atoms with Crippen molar-refractivity contribution in [2.45, 2.75) is 18.5 Å². The molecule has 1 saturated heterocycles. The summed E-state index contributed by atoms with van der Waals surface area (Å²) in [5.41, 5.74) is -0.178. The molecule has 1 rings (SSSR count). The highest BCUT2D eigenvalue weighted by molar-refractivity contribution is 8.15. The van der Waals surface area contributed by atoms with Crippen LogP contribution in [0.3, 0.4) is 0 Å². The molecule has 1 aliphatic heterocycles. The highest BCUT2D eigenvalue weighted by Gasteiger charge is 2.34. The summed E-state index contributed by atoms with van der Waals surface area (Å²) in [5.74, 6) is -0.677. The first-order valence-corrected chi connectivity index (χ1v) is 6.83. The van der Waals surface area contributed by atoms with Gasteiger partial charge < -0.3 is 5.11 Å². The van der Waals surface area contributed by atoms with Crippen LogP contribution >= 0.6 is 6.04 Å². The highest BCUT2D eigenvalue weighted by atomic mass is 32.4. The predicted octanol–water partition coefficient (Wildman–Crippen LogP) is 1.34. The smallest absolute Gasteiger partial charge is 0.311 e. The maximum Gasteiger partial charge on any atom is 0.311 e. The Morgan fingerprint density at radius 2 is 2.40 bits per heavy atom. The van der Waals surface area contributed by atoms with E-state index in [1.54, 1.807) is 0 Å². The van der Waals surface area contributed by atoms with E-state index in [9.17, 15) is 4.79 Å². The fourth-order valence-corrected chi connectivity index (χ4v) is 4.68.